The quantitative estimate of drug-likeness (QED) is 0.696. The van der Waals surface area contributed by atoms with Crippen LogP contribution in [-0.2, 0) is 11.3 Å². The number of benzene rings is 2. The van der Waals surface area contributed by atoms with Gasteiger partial charge in [0.2, 0.25) is 5.91 Å². The lowest BCUT2D eigenvalue weighted by molar-refractivity contribution is -0.128. The summed E-state index contributed by atoms with van der Waals surface area (Å²) in [7, 11) is 1.74. The largest absolute Gasteiger partial charge is 0.339 e. The minimum Gasteiger partial charge on any atom is -0.339 e. The molecular weight excluding hydrogens is 369 g/mol. The van der Waals surface area contributed by atoms with Crippen molar-refractivity contribution >= 4 is 23.6 Å². The minimum atomic E-state index is -0.297. The van der Waals surface area contributed by atoms with Crippen LogP contribution in [0.3, 0.4) is 0 Å². The number of imidazole rings is 1. The molecule has 0 saturated heterocycles. The van der Waals surface area contributed by atoms with E-state index in [1.54, 1.807) is 30.3 Å². The molecule has 2 N–H and O–H groups in total. The Hall–Kier alpha value is -3.45. The zero-order chi connectivity index (χ0) is 20.4. The lowest BCUT2D eigenvalue weighted by Crippen LogP contribution is -2.35. The third kappa shape index (κ3) is 3.90. The van der Waals surface area contributed by atoms with E-state index in [9.17, 15) is 9.18 Å². The summed E-state index contributed by atoms with van der Waals surface area (Å²) in [6.07, 6.45) is 3.58. The number of aryl methyl sites for hydroxylation is 1. The van der Waals surface area contributed by atoms with E-state index >= 15 is 0 Å². The fourth-order valence-electron chi connectivity index (χ4n) is 3.23. The van der Waals surface area contributed by atoms with Gasteiger partial charge in [0.1, 0.15) is 23.2 Å². The fraction of sp³-hybridized carbons (Fsp3) is 0.182. The number of hydrogen-bond donors (Lipinski definition) is 2. The first kappa shape index (κ1) is 18.9. The molecule has 2 heterocycles. The second-order valence-electron chi connectivity index (χ2n) is 6.94. The van der Waals surface area contributed by atoms with E-state index in [-0.39, 0.29) is 18.3 Å². The number of halogens is 1. The van der Waals surface area contributed by atoms with E-state index in [0.717, 1.165) is 22.9 Å². The molecule has 7 heteroatoms. The van der Waals surface area contributed by atoms with Crippen molar-refractivity contribution in [3.63, 3.8) is 0 Å². The zero-order valence-corrected chi connectivity index (χ0v) is 16.3. The number of amides is 1. The van der Waals surface area contributed by atoms with Crippen LogP contribution in [0.2, 0.25) is 0 Å². The van der Waals surface area contributed by atoms with Gasteiger partial charge in [0.25, 0.3) is 0 Å². The van der Waals surface area contributed by atoms with Crippen LogP contribution in [0.1, 0.15) is 11.4 Å². The van der Waals surface area contributed by atoms with Gasteiger partial charge in [-0.2, -0.15) is 0 Å². The molecule has 4 rings (SSSR count). The van der Waals surface area contributed by atoms with Gasteiger partial charge in [-0.1, -0.05) is 17.7 Å². The standard InChI is InChI=1S/C22H22FN5O/c1-15-3-9-18(10-4-15)25-22-21(16-5-7-17(23)8-6-16)26-19-14-27(11-12-28(19)22)20(29)13-24-2/h3-12,24-25H,13-14H2,1-2H3. The van der Waals surface area contributed by atoms with Gasteiger partial charge in [0, 0.05) is 23.7 Å². The fourth-order valence-corrected chi connectivity index (χ4v) is 3.23. The van der Waals surface area contributed by atoms with Crippen LogP contribution >= 0.6 is 0 Å². The van der Waals surface area contributed by atoms with Gasteiger partial charge in [0.05, 0.1) is 13.1 Å². The summed E-state index contributed by atoms with van der Waals surface area (Å²) in [5.74, 6) is 1.17. The summed E-state index contributed by atoms with van der Waals surface area (Å²) < 4.78 is 15.4. The Morgan fingerprint density at radius 2 is 1.83 bits per heavy atom. The minimum absolute atomic E-state index is 0.0330. The van der Waals surface area contributed by atoms with Crippen molar-refractivity contribution in [3.8, 4) is 11.3 Å². The lowest BCUT2D eigenvalue weighted by Gasteiger charge is -2.22. The average Bonchev–Trinajstić information content (AvgIpc) is 3.08. The Balaban J connectivity index is 1.75. The van der Waals surface area contributed by atoms with E-state index in [4.69, 9.17) is 4.98 Å². The van der Waals surface area contributed by atoms with Gasteiger partial charge in [-0.15, -0.1) is 0 Å². The van der Waals surface area contributed by atoms with Gasteiger partial charge in [-0.25, -0.2) is 9.37 Å². The van der Waals surface area contributed by atoms with Crippen molar-refractivity contribution in [2.24, 2.45) is 0 Å². The van der Waals surface area contributed by atoms with Crippen LogP contribution in [-0.4, -0.2) is 34.0 Å². The molecular formula is C22H22FN5O. The number of anilines is 2. The number of nitrogens with zero attached hydrogens (tertiary/aromatic N) is 3. The van der Waals surface area contributed by atoms with Gasteiger partial charge < -0.3 is 15.5 Å². The number of carbonyl (C=O) groups is 1. The molecule has 1 aliphatic heterocycles. The van der Waals surface area contributed by atoms with E-state index in [0.29, 0.717) is 12.2 Å². The molecule has 0 fully saturated rings. The molecule has 148 valence electrons. The Labute approximate surface area is 168 Å². The number of hydrogen-bond acceptors (Lipinski definition) is 4. The Bertz CT molecular complexity index is 1050. The number of fused-ring (bicyclic) bond motifs is 1. The maximum Gasteiger partial charge on any atom is 0.240 e. The highest BCUT2D eigenvalue weighted by Gasteiger charge is 2.24. The summed E-state index contributed by atoms with van der Waals surface area (Å²) in [5.41, 5.74) is 3.59. The van der Waals surface area contributed by atoms with Crippen LogP contribution in [0.25, 0.3) is 17.5 Å². The zero-order valence-electron chi connectivity index (χ0n) is 16.3. The smallest absolute Gasteiger partial charge is 0.240 e. The van der Waals surface area contributed by atoms with Crippen LogP contribution in [0, 0.1) is 12.7 Å². The highest BCUT2D eigenvalue weighted by Crippen LogP contribution is 2.33. The second-order valence-corrected chi connectivity index (χ2v) is 6.94. The van der Waals surface area contributed by atoms with Gasteiger partial charge in [0.15, 0.2) is 0 Å². The van der Waals surface area contributed by atoms with Gasteiger partial charge in [-0.05, 0) is 50.4 Å². The monoisotopic (exact) mass is 391 g/mol. The van der Waals surface area contributed by atoms with Crippen molar-refractivity contribution in [3.05, 3.63) is 71.9 Å². The summed E-state index contributed by atoms with van der Waals surface area (Å²) in [4.78, 5) is 18.6. The third-order valence-corrected chi connectivity index (χ3v) is 4.77. The molecule has 0 radical (unpaired) electrons. The van der Waals surface area contributed by atoms with E-state index < -0.39 is 0 Å². The van der Waals surface area contributed by atoms with Gasteiger partial charge >= 0.3 is 0 Å². The van der Waals surface area contributed by atoms with Crippen LogP contribution in [0.5, 0.6) is 0 Å². The summed E-state index contributed by atoms with van der Waals surface area (Å²) in [6.45, 7) is 2.65. The Morgan fingerprint density at radius 1 is 1.10 bits per heavy atom. The molecule has 0 aliphatic carbocycles. The van der Waals surface area contributed by atoms with Crippen LogP contribution in [0.4, 0.5) is 15.9 Å². The first-order valence-electron chi connectivity index (χ1n) is 9.38. The number of rotatable bonds is 5. The predicted molar refractivity (Wildman–Crippen MR) is 112 cm³/mol. The molecule has 1 aliphatic rings. The second kappa shape index (κ2) is 7.89. The molecule has 1 aromatic heterocycles. The van der Waals surface area contributed by atoms with Crippen molar-refractivity contribution in [2.45, 2.75) is 13.5 Å². The summed E-state index contributed by atoms with van der Waals surface area (Å²) in [5, 5.41) is 6.30. The summed E-state index contributed by atoms with van der Waals surface area (Å²) in [6, 6.07) is 14.3. The van der Waals surface area contributed by atoms with Crippen molar-refractivity contribution in [2.75, 3.05) is 18.9 Å². The van der Waals surface area contributed by atoms with E-state index in [1.165, 1.54) is 17.7 Å². The number of nitrogens with one attached hydrogen (secondary N) is 2. The maximum absolute atomic E-state index is 13.4. The normalized spacial score (nSPS) is 12.7. The molecule has 0 saturated carbocycles. The number of carbonyl (C=O) groups excluding carboxylic acids is 1. The molecule has 3 aromatic rings. The Kier molecular flexibility index (Phi) is 5.14. The van der Waals surface area contributed by atoms with Crippen molar-refractivity contribution in [1.29, 1.82) is 0 Å². The molecule has 6 nitrogen and oxygen atoms in total. The Morgan fingerprint density at radius 3 is 2.52 bits per heavy atom. The first-order valence-corrected chi connectivity index (χ1v) is 9.38. The predicted octanol–water partition coefficient (Wildman–Crippen LogP) is 3.73. The molecule has 29 heavy (non-hydrogen) atoms. The van der Waals surface area contributed by atoms with Crippen LogP contribution in [0.15, 0.2) is 54.7 Å². The number of likely N-dealkylation sites (N-methyl/N-ethyl adjacent to an activating group) is 1. The molecule has 0 bridgehead atoms. The van der Waals surface area contributed by atoms with Gasteiger partial charge in [-0.3, -0.25) is 9.36 Å². The van der Waals surface area contributed by atoms with Crippen molar-refractivity contribution < 1.29 is 9.18 Å². The third-order valence-electron chi connectivity index (χ3n) is 4.77. The lowest BCUT2D eigenvalue weighted by atomic mass is 10.1. The molecule has 0 atom stereocenters. The van der Waals surface area contributed by atoms with Crippen molar-refractivity contribution in [1.82, 2.24) is 19.8 Å². The number of aromatic nitrogens is 2. The van der Waals surface area contributed by atoms with E-state index in [1.807, 2.05) is 42.0 Å². The maximum atomic E-state index is 13.4. The van der Waals surface area contributed by atoms with E-state index in [2.05, 4.69) is 10.6 Å². The topological polar surface area (TPSA) is 62.2 Å². The summed E-state index contributed by atoms with van der Waals surface area (Å²) >= 11 is 0. The molecule has 2 aromatic carbocycles. The average molecular weight is 391 g/mol. The molecule has 1 amide bonds. The highest BCUT2D eigenvalue weighted by atomic mass is 19.1. The first-order chi connectivity index (χ1) is 14.0. The molecule has 0 unspecified atom stereocenters. The van der Waals surface area contributed by atoms with Crippen LogP contribution < -0.4 is 10.6 Å². The molecule has 0 spiro atoms. The SMILES string of the molecule is CNCC(=O)N1C=Cn2c(nc(-c3ccc(F)cc3)c2Nc2ccc(C)cc2)C1. The highest BCUT2D eigenvalue weighted by molar-refractivity contribution is 5.82.